The molecule has 1 aromatic rings. The van der Waals surface area contributed by atoms with Crippen molar-refractivity contribution in [2.75, 3.05) is 19.7 Å². The maximum atomic E-state index is 7.27. The van der Waals surface area contributed by atoms with Gasteiger partial charge in [0.15, 0.2) is 0 Å². The van der Waals surface area contributed by atoms with Gasteiger partial charge in [0.25, 0.3) is 0 Å². The molecule has 3 nitrogen and oxygen atoms in total. The Morgan fingerprint density at radius 3 is 2.54 bits per heavy atom. The summed E-state index contributed by atoms with van der Waals surface area (Å²) in [5.74, 6) is -0.107. The van der Waals surface area contributed by atoms with Gasteiger partial charge in [0.2, 0.25) is 0 Å². The molecule has 0 aromatic heterocycles. The van der Waals surface area contributed by atoms with Crippen LogP contribution in [0.2, 0.25) is 0 Å². The first-order valence-corrected chi connectivity index (χ1v) is 3.73. The molecule has 0 saturated heterocycles. The lowest BCUT2D eigenvalue weighted by Crippen LogP contribution is -2.17. The molecule has 1 rings (SSSR count). The smallest absolute Gasteiger partial charge is 0.101 e. The van der Waals surface area contributed by atoms with Gasteiger partial charge < -0.3 is 10.6 Å². The summed E-state index contributed by atoms with van der Waals surface area (Å²) in [6.45, 7) is -4.23. The lowest BCUT2D eigenvalue weighted by Gasteiger charge is -2.10. The van der Waals surface area contributed by atoms with Gasteiger partial charge in [-0.05, 0) is 31.2 Å². The standard InChI is InChI=1S/C10H15N3/c1-8(13(2)3)12-10-6-4-9(11)5-7-10/h4-7H,11H2,1-3H3/i2D3,3D3. The van der Waals surface area contributed by atoms with Gasteiger partial charge in [-0.3, -0.25) is 0 Å². The highest BCUT2D eigenvalue weighted by molar-refractivity contribution is 5.82. The summed E-state index contributed by atoms with van der Waals surface area (Å²) >= 11 is 0. The van der Waals surface area contributed by atoms with Crippen molar-refractivity contribution in [2.45, 2.75) is 6.92 Å². The van der Waals surface area contributed by atoms with Gasteiger partial charge >= 0.3 is 0 Å². The van der Waals surface area contributed by atoms with E-state index in [-0.39, 0.29) is 5.84 Å². The summed E-state index contributed by atoms with van der Waals surface area (Å²) in [6.07, 6.45) is 0. The van der Waals surface area contributed by atoms with E-state index in [0.29, 0.717) is 16.3 Å². The van der Waals surface area contributed by atoms with Crippen molar-refractivity contribution >= 4 is 17.2 Å². The third-order valence-electron chi connectivity index (χ3n) is 1.51. The summed E-state index contributed by atoms with van der Waals surface area (Å²) in [5, 5.41) is 0. The van der Waals surface area contributed by atoms with Crippen LogP contribution in [0.15, 0.2) is 29.3 Å². The van der Waals surface area contributed by atoms with Crippen LogP contribution in [0.3, 0.4) is 0 Å². The van der Waals surface area contributed by atoms with Crippen LogP contribution in [0.25, 0.3) is 0 Å². The van der Waals surface area contributed by atoms with Gasteiger partial charge in [0, 0.05) is 27.9 Å². The first-order chi connectivity index (χ1) is 8.51. The Morgan fingerprint density at radius 2 is 2.00 bits per heavy atom. The van der Waals surface area contributed by atoms with Gasteiger partial charge in [0.05, 0.1) is 5.69 Å². The lowest BCUT2D eigenvalue weighted by molar-refractivity contribution is 0.619. The second-order valence-corrected chi connectivity index (χ2v) is 2.59. The largest absolute Gasteiger partial charge is 0.399 e. The molecule has 0 heterocycles. The topological polar surface area (TPSA) is 41.6 Å². The van der Waals surface area contributed by atoms with Crippen LogP contribution in [0.5, 0.6) is 0 Å². The van der Waals surface area contributed by atoms with Crippen molar-refractivity contribution in [1.29, 1.82) is 0 Å². The van der Waals surface area contributed by atoms with Crippen LogP contribution in [-0.4, -0.2) is 24.7 Å². The number of nitrogen functional groups attached to an aromatic ring is 1. The molecule has 2 N–H and O–H groups in total. The molecular weight excluding hydrogens is 162 g/mol. The molecule has 1 aromatic carbocycles. The molecule has 0 amide bonds. The number of amidine groups is 1. The summed E-state index contributed by atoms with van der Waals surface area (Å²) in [5.41, 5.74) is 6.49. The predicted octanol–water partition coefficient (Wildman–Crippen LogP) is 1.88. The van der Waals surface area contributed by atoms with Crippen LogP contribution >= 0.6 is 0 Å². The maximum absolute atomic E-state index is 7.27. The molecule has 0 saturated carbocycles. The minimum Gasteiger partial charge on any atom is -0.399 e. The van der Waals surface area contributed by atoms with Gasteiger partial charge in [-0.2, -0.15) is 0 Å². The van der Waals surface area contributed by atoms with E-state index in [1.165, 1.54) is 6.92 Å². The Labute approximate surface area is 87.3 Å². The predicted molar refractivity (Wildman–Crippen MR) is 57.3 cm³/mol. The van der Waals surface area contributed by atoms with E-state index in [1.54, 1.807) is 24.3 Å². The van der Waals surface area contributed by atoms with E-state index in [9.17, 15) is 0 Å². The molecular formula is C10H15N3. The summed E-state index contributed by atoms with van der Waals surface area (Å²) < 4.78 is 43.6. The van der Waals surface area contributed by atoms with Gasteiger partial charge in [0.1, 0.15) is 5.84 Å². The SMILES string of the molecule is [2H]C([2H])([2H])N(C(C)=Nc1ccc(N)cc1)C([2H])([2H])[2H]. The van der Waals surface area contributed by atoms with Crippen LogP contribution in [0.1, 0.15) is 15.1 Å². The van der Waals surface area contributed by atoms with E-state index < -0.39 is 14.0 Å². The van der Waals surface area contributed by atoms with Crippen molar-refractivity contribution in [3.8, 4) is 0 Å². The Kier molecular flexibility index (Phi) is 1.25. The second-order valence-electron chi connectivity index (χ2n) is 2.59. The fourth-order valence-electron chi connectivity index (χ4n) is 0.786. The van der Waals surface area contributed by atoms with Crippen LogP contribution < -0.4 is 5.73 Å². The fourth-order valence-corrected chi connectivity index (χ4v) is 0.786. The van der Waals surface area contributed by atoms with E-state index in [0.717, 1.165) is 0 Å². The van der Waals surface area contributed by atoms with Gasteiger partial charge in [-0.1, -0.05) is 0 Å². The minimum absolute atomic E-state index is 0.107. The zero-order valence-electron chi connectivity index (χ0n) is 13.3. The van der Waals surface area contributed by atoms with Crippen molar-refractivity contribution in [2.24, 2.45) is 4.99 Å². The normalized spacial score (nSPS) is 20.2. The average Bonchev–Trinajstić information content (AvgIpc) is 2.16. The highest BCUT2D eigenvalue weighted by Gasteiger charge is 1.93. The third-order valence-corrected chi connectivity index (χ3v) is 1.51. The Bertz CT molecular complexity index is 446. The highest BCUT2D eigenvalue weighted by atomic mass is 15.1. The average molecular weight is 183 g/mol. The molecule has 0 aliphatic carbocycles. The number of hydrogen-bond donors (Lipinski definition) is 1. The van der Waals surface area contributed by atoms with Crippen LogP contribution in [0.4, 0.5) is 11.4 Å². The molecule has 3 heteroatoms. The molecule has 0 aliphatic heterocycles. The summed E-state index contributed by atoms with van der Waals surface area (Å²) in [7, 11) is 0. The number of aliphatic imine (C=N–C) groups is 1. The Hall–Kier alpha value is -1.51. The number of rotatable bonds is 1. The summed E-state index contributed by atoms with van der Waals surface area (Å²) in [4.78, 5) is 4.34. The monoisotopic (exact) mass is 183 g/mol. The fraction of sp³-hybridized carbons (Fsp3) is 0.300. The Balaban J connectivity index is 3.13. The second kappa shape index (κ2) is 3.94. The highest BCUT2D eigenvalue weighted by Crippen LogP contribution is 2.14. The lowest BCUT2D eigenvalue weighted by atomic mass is 10.3. The van der Waals surface area contributed by atoms with E-state index in [4.69, 9.17) is 14.0 Å². The number of benzene rings is 1. The van der Waals surface area contributed by atoms with Crippen LogP contribution in [0, 0.1) is 0 Å². The molecule has 13 heavy (non-hydrogen) atoms. The van der Waals surface area contributed by atoms with Gasteiger partial charge in [-0.15, -0.1) is 0 Å². The Morgan fingerprint density at radius 1 is 1.38 bits per heavy atom. The van der Waals surface area contributed by atoms with Crippen LogP contribution in [-0.2, 0) is 0 Å². The minimum atomic E-state index is -2.79. The summed E-state index contributed by atoms with van der Waals surface area (Å²) in [6, 6.07) is 6.36. The van der Waals surface area contributed by atoms with E-state index in [1.807, 2.05) is 0 Å². The van der Waals surface area contributed by atoms with Crippen molar-refractivity contribution in [3.05, 3.63) is 24.3 Å². The zero-order chi connectivity index (χ0) is 14.8. The molecule has 0 aliphatic rings. The van der Waals surface area contributed by atoms with E-state index >= 15 is 0 Å². The molecule has 0 radical (unpaired) electrons. The molecule has 0 fully saturated rings. The molecule has 0 atom stereocenters. The first kappa shape index (κ1) is 4.13. The number of nitrogens with two attached hydrogens (primary N) is 1. The number of hydrogen-bond acceptors (Lipinski definition) is 2. The third kappa shape index (κ3) is 2.78. The van der Waals surface area contributed by atoms with E-state index in [2.05, 4.69) is 4.99 Å². The van der Waals surface area contributed by atoms with Crippen molar-refractivity contribution in [1.82, 2.24) is 4.90 Å². The number of nitrogens with zero attached hydrogens (tertiary/aromatic N) is 2. The quantitative estimate of drug-likeness (QED) is 0.410. The molecule has 70 valence electrons. The van der Waals surface area contributed by atoms with Gasteiger partial charge in [-0.25, -0.2) is 4.99 Å². The number of anilines is 1. The molecule has 0 unspecified atom stereocenters. The first-order valence-electron chi connectivity index (χ1n) is 6.73. The van der Waals surface area contributed by atoms with Crippen molar-refractivity contribution < 1.29 is 8.22 Å². The van der Waals surface area contributed by atoms with Crippen molar-refractivity contribution in [3.63, 3.8) is 0 Å². The molecule has 0 spiro atoms. The maximum Gasteiger partial charge on any atom is 0.101 e. The zero-order valence-corrected chi connectivity index (χ0v) is 7.28. The molecule has 0 bridgehead atoms.